The lowest BCUT2D eigenvalue weighted by atomic mass is 10.1. The first-order chi connectivity index (χ1) is 10.6. The van der Waals surface area contributed by atoms with E-state index in [0.717, 1.165) is 22.4 Å². The Morgan fingerprint density at radius 1 is 1.14 bits per heavy atom. The average Bonchev–Trinajstić information content (AvgIpc) is 2.95. The monoisotopic (exact) mass is 314 g/mol. The largest absolute Gasteiger partial charge is 0.269 e. The Labute approximate surface area is 133 Å². The number of rotatable bonds is 4. The minimum Gasteiger partial charge on any atom is -0.268 e. The van der Waals surface area contributed by atoms with Crippen LogP contribution in [0.4, 0.5) is 0 Å². The second-order valence-electron chi connectivity index (χ2n) is 4.80. The number of hydrogen-bond acceptors (Lipinski definition) is 3. The second-order valence-corrected chi connectivity index (χ2v) is 5.74. The highest BCUT2D eigenvalue weighted by atomic mass is 32.1. The van der Waals surface area contributed by atoms with E-state index in [1.165, 1.54) is 6.08 Å². The van der Waals surface area contributed by atoms with Gasteiger partial charge in [-0.2, -0.15) is 0 Å². The second kappa shape index (κ2) is 7.56. The number of aryl methyl sites for hydroxylation is 2. The van der Waals surface area contributed by atoms with E-state index in [4.69, 9.17) is 0 Å². The molecule has 22 heavy (non-hydrogen) atoms. The molecule has 5 heteroatoms. The predicted octanol–water partition coefficient (Wildman–Crippen LogP) is 3.09. The van der Waals surface area contributed by atoms with Gasteiger partial charge in [-0.25, -0.2) is 0 Å². The lowest BCUT2D eigenvalue weighted by Crippen LogP contribution is -2.40. The van der Waals surface area contributed by atoms with Crippen LogP contribution in [0.25, 0.3) is 6.08 Å². The highest BCUT2D eigenvalue weighted by Gasteiger charge is 2.05. The summed E-state index contributed by atoms with van der Waals surface area (Å²) >= 11 is 1.56. The molecule has 1 aromatic heterocycles. The van der Waals surface area contributed by atoms with E-state index in [0.29, 0.717) is 5.56 Å². The van der Waals surface area contributed by atoms with Gasteiger partial charge in [-0.15, -0.1) is 11.3 Å². The zero-order valence-electron chi connectivity index (χ0n) is 12.6. The molecule has 0 unspecified atom stereocenters. The zero-order chi connectivity index (χ0) is 15.9. The molecule has 0 spiro atoms. The molecule has 1 aromatic carbocycles. The number of benzene rings is 1. The normalized spacial score (nSPS) is 10.6. The topological polar surface area (TPSA) is 58.2 Å². The Morgan fingerprint density at radius 3 is 2.45 bits per heavy atom. The molecular weight excluding hydrogens is 296 g/mol. The highest BCUT2D eigenvalue weighted by molar-refractivity contribution is 7.11. The average molecular weight is 314 g/mol. The highest BCUT2D eigenvalue weighted by Crippen LogP contribution is 2.16. The summed E-state index contributed by atoms with van der Waals surface area (Å²) in [7, 11) is 0. The first-order valence-electron chi connectivity index (χ1n) is 7.01. The van der Waals surface area contributed by atoms with Gasteiger partial charge < -0.3 is 0 Å². The Bertz CT molecular complexity index is 687. The van der Waals surface area contributed by atoms with E-state index in [1.54, 1.807) is 29.5 Å². The van der Waals surface area contributed by atoms with E-state index in [1.807, 2.05) is 30.5 Å². The molecule has 4 nitrogen and oxygen atoms in total. The molecule has 0 aliphatic heterocycles. The molecule has 0 saturated carbocycles. The van der Waals surface area contributed by atoms with E-state index >= 15 is 0 Å². The molecule has 0 saturated heterocycles. The first-order valence-corrected chi connectivity index (χ1v) is 7.89. The number of hydrazine groups is 1. The number of carbonyl (C=O) groups excluding carboxylic acids is 2. The van der Waals surface area contributed by atoms with Crippen molar-refractivity contribution in [1.82, 2.24) is 10.9 Å². The standard InChI is InChI=1S/C17H18N2O2S/c1-3-13-4-6-14(7-5-13)17(21)19-18-16(20)9-8-15-12(2)10-11-22-15/h4-11H,3H2,1-2H3,(H,18,20)(H,19,21)/b9-8+. The van der Waals surface area contributed by atoms with E-state index < -0.39 is 0 Å². The number of hydrogen-bond donors (Lipinski definition) is 2. The Hall–Kier alpha value is -2.40. The maximum atomic E-state index is 11.9. The molecule has 0 bridgehead atoms. The van der Waals surface area contributed by atoms with Crippen molar-refractivity contribution in [2.24, 2.45) is 0 Å². The summed E-state index contributed by atoms with van der Waals surface area (Å²) in [4.78, 5) is 24.6. The van der Waals surface area contributed by atoms with Gasteiger partial charge in [-0.1, -0.05) is 19.1 Å². The molecule has 0 radical (unpaired) electrons. The van der Waals surface area contributed by atoms with Gasteiger partial charge in [-0.3, -0.25) is 20.4 Å². The third kappa shape index (κ3) is 4.30. The Balaban J connectivity index is 1.86. The summed E-state index contributed by atoms with van der Waals surface area (Å²) < 4.78 is 0. The first kappa shape index (κ1) is 16.0. The van der Waals surface area contributed by atoms with Crippen LogP contribution in [0.1, 0.15) is 33.3 Å². The maximum absolute atomic E-state index is 11.9. The van der Waals surface area contributed by atoms with Crippen LogP contribution in [0.3, 0.4) is 0 Å². The third-order valence-electron chi connectivity index (χ3n) is 3.21. The van der Waals surface area contributed by atoms with Crippen LogP contribution in [0.15, 0.2) is 41.8 Å². The van der Waals surface area contributed by atoms with Crippen LogP contribution in [0.5, 0.6) is 0 Å². The molecule has 2 rings (SSSR count). The number of nitrogens with one attached hydrogen (secondary N) is 2. The molecular formula is C17H18N2O2S. The summed E-state index contributed by atoms with van der Waals surface area (Å²) in [6, 6.07) is 9.27. The van der Waals surface area contributed by atoms with E-state index in [2.05, 4.69) is 17.8 Å². The Morgan fingerprint density at radius 2 is 1.86 bits per heavy atom. The number of amides is 2. The fourth-order valence-electron chi connectivity index (χ4n) is 1.83. The molecule has 0 aliphatic rings. The molecule has 0 aliphatic carbocycles. The zero-order valence-corrected chi connectivity index (χ0v) is 13.4. The quantitative estimate of drug-likeness (QED) is 0.673. The smallest absolute Gasteiger partial charge is 0.268 e. The lowest BCUT2D eigenvalue weighted by Gasteiger charge is -2.05. The van der Waals surface area contributed by atoms with Gasteiger partial charge in [-0.05, 0) is 54.1 Å². The van der Waals surface area contributed by atoms with Crippen molar-refractivity contribution in [1.29, 1.82) is 0 Å². The van der Waals surface area contributed by atoms with Crippen molar-refractivity contribution in [2.45, 2.75) is 20.3 Å². The van der Waals surface area contributed by atoms with Gasteiger partial charge >= 0.3 is 0 Å². The van der Waals surface area contributed by atoms with Gasteiger partial charge in [0, 0.05) is 16.5 Å². The lowest BCUT2D eigenvalue weighted by molar-refractivity contribution is -0.117. The van der Waals surface area contributed by atoms with Gasteiger partial charge in [0.1, 0.15) is 0 Å². The molecule has 2 N–H and O–H groups in total. The van der Waals surface area contributed by atoms with Crippen LogP contribution in [0, 0.1) is 6.92 Å². The maximum Gasteiger partial charge on any atom is 0.269 e. The fraction of sp³-hybridized carbons (Fsp3) is 0.176. The summed E-state index contributed by atoms with van der Waals surface area (Å²) in [6.07, 6.45) is 4.06. The summed E-state index contributed by atoms with van der Waals surface area (Å²) in [5, 5.41) is 1.97. The van der Waals surface area contributed by atoms with Gasteiger partial charge in [0.05, 0.1) is 0 Å². The molecule has 2 aromatic rings. The van der Waals surface area contributed by atoms with Crippen LogP contribution >= 0.6 is 11.3 Å². The van der Waals surface area contributed by atoms with Crippen molar-refractivity contribution >= 4 is 29.2 Å². The fourth-order valence-corrected chi connectivity index (χ4v) is 2.65. The van der Waals surface area contributed by atoms with Crippen molar-refractivity contribution < 1.29 is 9.59 Å². The van der Waals surface area contributed by atoms with Crippen LogP contribution in [-0.2, 0) is 11.2 Å². The number of thiophene rings is 1. The van der Waals surface area contributed by atoms with Crippen molar-refractivity contribution in [2.75, 3.05) is 0 Å². The van der Waals surface area contributed by atoms with Crippen LogP contribution < -0.4 is 10.9 Å². The van der Waals surface area contributed by atoms with Crippen molar-refractivity contribution in [3.63, 3.8) is 0 Å². The summed E-state index contributed by atoms with van der Waals surface area (Å²) in [5.41, 5.74) is 7.56. The third-order valence-corrected chi connectivity index (χ3v) is 4.20. The summed E-state index contributed by atoms with van der Waals surface area (Å²) in [6.45, 7) is 4.03. The number of carbonyl (C=O) groups is 2. The predicted molar refractivity (Wildman–Crippen MR) is 89.5 cm³/mol. The SMILES string of the molecule is CCc1ccc(C(=O)NNC(=O)/C=C/c2sccc2C)cc1. The van der Waals surface area contributed by atoms with E-state index in [9.17, 15) is 9.59 Å². The van der Waals surface area contributed by atoms with Gasteiger partial charge in [0.25, 0.3) is 11.8 Å². The van der Waals surface area contributed by atoms with Crippen molar-refractivity contribution in [3.05, 3.63) is 63.4 Å². The molecule has 1 heterocycles. The van der Waals surface area contributed by atoms with Gasteiger partial charge in [0.15, 0.2) is 0 Å². The molecule has 114 valence electrons. The van der Waals surface area contributed by atoms with E-state index in [-0.39, 0.29) is 11.8 Å². The molecule has 2 amide bonds. The van der Waals surface area contributed by atoms with Crippen LogP contribution in [-0.4, -0.2) is 11.8 Å². The molecule has 0 atom stereocenters. The minimum absolute atomic E-state index is 0.336. The van der Waals surface area contributed by atoms with Crippen molar-refractivity contribution in [3.8, 4) is 0 Å². The Kier molecular flexibility index (Phi) is 5.49. The minimum atomic E-state index is -0.369. The molecule has 0 fully saturated rings. The van der Waals surface area contributed by atoms with Gasteiger partial charge in [0.2, 0.25) is 0 Å². The van der Waals surface area contributed by atoms with Crippen LogP contribution in [0.2, 0.25) is 0 Å². The summed E-state index contributed by atoms with van der Waals surface area (Å²) in [5.74, 6) is -0.706.